The number of halogens is 3. The molecule has 0 aliphatic heterocycles. The molecule has 0 aliphatic rings. The Morgan fingerprint density at radius 3 is 2.81 bits per heavy atom. The fourth-order valence-electron chi connectivity index (χ4n) is 2.34. The standard InChI is InChI=1S/C17H12BrCl2N3O3/c1-23-13-5-2-9(18)6-11(13)16(17(23)25)22-21-15(24)8-26-14-7-10(19)3-4-12(14)20/h2-7,25H,8H2,1H3. The van der Waals surface area contributed by atoms with E-state index in [1.54, 1.807) is 29.8 Å². The zero-order chi connectivity index (χ0) is 18.8. The summed E-state index contributed by atoms with van der Waals surface area (Å²) < 4.78 is 7.69. The predicted molar refractivity (Wildman–Crippen MR) is 104 cm³/mol. The van der Waals surface area contributed by atoms with Gasteiger partial charge in [-0.25, -0.2) is 0 Å². The molecule has 9 heteroatoms. The van der Waals surface area contributed by atoms with Gasteiger partial charge < -0.3 is 14.4 Å². The number of fused-ring (bicyclic) bond motifs is 1. The Kier molecular flexibility index (Phi) is 5.50. The van der Waals surface area contributed by atoms with Crippen LogP contribution in [0.5, 0.6) is 11.6 Å². The van der Waals surface area contributed by atoms with E-state index in [1.807, 2.05) is 12.1 Å². The molecule has 2 aromatic carbocycles. The van der Waals surface area contributed by atoms with Gasteiger partial charge >= 0.3 is 5.91 Å². The van der Waals surface area contributed by atoms with Gasteiger partial charge in [0.25, 0.3) is 0 Å². The van der Waals surface area contributed by atoms with E-state index in [2.05, 4.69) is 26.2 Å². The molecule has 3 aromatic rings. The highest BCUT2D eigenvalue weighted by molar-refractivity contribution is 9.10. The minimum absolute atomic E-state index is 0.0894. The molecule has 0 atom stereocenters. The van der Waals surface area contributed by atoms with Crippen molar-refractivity contribution in [3.63, 3.8) is 0 Å². The highest BCUT2D eigenvalue weighted by Gasteiger charge is 2.15. The van der Waals surface area contributed by atoms with Crippen molar-refractivity contribution in [1.29, 1.82) is 0 Å². The first kappa shape index (κ1) is 18.7. The van der Waals surface area contributed by atoms with Crippen LogP contribution in [0.4, 0.5) is 5.69 Å². The van der Waals surface area contributed by atoms with E-state index in [1.165, 1.54) is 6.07 Å². The first-order valence-electron chi connectivity index (χ1n) is 7.36. The van der Waals surface area contributed by atoms with Crippen molar-refractivity contribution in [2.45, 2.75) is 0 Å². The number of benzene rings is 2. The van der Waals surface area contributed by atoms with Gasteiger partial charge in [0.1, 0.15) is 5.75 Å². The Morgan fingerprint density at radius 2 is 2.04 bits per heavy atom. The van der Waals surface area contributed by atoms with Gasteiger partial charge in [0.15, 0.2) is 12.3 Å². The first-order valence-corrected chi connectivity index (χ1v) is 8.91. The normalized spacial score (nSPS) is 11.4. The molecule has 26 heavy (non-hydrogen) atoms. The van der Waals surface area contributed by atoms with Crippen molar-refractivity contribution in [1.82, 2.24) is 4.57 Å². The smallest absolute Gasteiger partial charge is 0.302 e. The molecule has 0 saturated carbocycles. The van der Waals surface area contributed by atoms with Crippen LogP contribution in [0.15, 0.2) is 51.1 Å². The van der Waals surface area contributed by atoms with E-state index >= 15 is 0 Å². The fraction of sp³-hybridized carbons (Fsp3) is 0.118. The van der Waals surface area contributed by atoms with Crippen molar-refractivity contribution in [3.05, 3.63) is 50.9 Å². The molecule has 1 heterocycles. The summed E-state index contributed by atoms with van der Waals surface area (Å²) in [5.74, 6) is -0.444. The number of carbonyl (C=O) groups excluding carboxylic acids is 1. The molecule has 3 rings (SSSR count). The second-order valence-electron chi connectivity index (χ2n) is 5.35. The van der Waals surface area contributed by atoms with E-state index < -0.39 is 5.91 Å². The number of rotatable bonds is 4. The van der Waals surface area contributed by atoms with Crippen LogP contribution in [0.3, 0.4) is 0 Å². The van der Waals surface area contributed by atoms with Gasteiger partial charge in [0, 0.05) is 28.0 Å². The quantitative estimate of drug-likeness (QED) is 0.516. The zero-order valence-electron chi connectivity index (χ0n) is 13.4. The van der Waals surface area contributed by atoms with Crippen molar-refractivity contribution in [2.75, 3.05) is 6.61 Å². The molecule has 0 aliphatic carbocycles. The lowest BCUT2D eigenvalue weighted by Gasteiger charge is -2.05. The fourth-order valence-corrected chi connectivity index (χ4v) is 3.04. The molecule has 0 unspecified atom stereocenters. The molecule has 1 amide bonds. The minimum Gasteiger partial charge on any atom is -0.493 e. The monoisotopic (exact) mass is 455 g/mol. The Bertz CT molecular complexity index is 1030. The van der Waals surface area contributed by atoms with Gasteiger partial charge in [0.05, 0.1) is 10.5 Å². The zero-order valence-corrected chi connectivity index (χ0v) is 16.5. The third-order valence-corrected chi connectivity index (χ3v) is 4.65. The number of azo groups is 1. The van der Waals surface area contributed by atoms with E-state index in [0.717, 1.165) is 9.99 Å². The van der Waals surface area contributed by atoms with Crippen LogP contribution in [0, 0.1) is 0 Å². The van der Waals surface area contributed by atoms with Crippen LogP contribution < -0.4 is 4.74 Å². The van der Waals surface area contributed by atoms with Gasteiger partial charge in [-0.2, -0.15) is 0 Å². The summed E-state index contributed by atoms with van der Waals surface area (Å²) in [5, 5.41) is 19.2. The van der Waals surface area contributed by atoms with Gasteiger partial charge in [-0.3, -0.25) is 4.79 Å². The number of hydrogen-bond donors (Lipinski definition) is 1. The number of amides is 1. The van der Waals surface area contributed by atoms with Crippen LogP contribution in [-0.2, 0) is 11.8 Å². The van der Waals surface area contributed by atoms with Gasteiger partial charge in [-0.05, 0) is 30.3 Å². The SMILES string of the molecule is Cn1c(O)c(N=NC(=O)COc2cc(Cl)ccc2Cl)c2cc(Br)ccc21. The van der Waals surface area contributed by atoms with Crippen molar-refractivity contribution in [2.24, 2.45) is 17.3 Å². The van der Waals surface area contributed by atoms with Crippen LogP contribution in [0.25, 0.3) is 10.9 Å². The van der Waals surface area contributed by atoms with Crippen molar-refractivity contribution >= 4 is 61.6 Å². The highest BCUT2D eigenvalue weighted by atomic mass is 79.9. The van der Waals surface area contributed by atoms with Gasteiger partial charge in [-0.15, -0.1) is 10.2 Å². The molecular formula is C17H12BrCl2N3O3. The van der Waals surface area contributed by atoms with Crippen LogP contribution in [0.2, 0.25) is 10.0 Å². The van der Waals surface area contributed by atoms with Crippen LogP contribution in [0.1, 0.15) is 0 Å². The molecule has 0 fully saturated rings. The molecule has 0 radical (unpaired) electrons. The van der Waals surface area contributed by atoms with E-state index in [9.17, 15) is 9.90 Å². The third-order valence-electron chi connectivity index (χ3n) is 3.61. The number of aryl methyl sites for hydroxylation is 1. The molecule has 1 aromatic heterocycles. The number of ether oxygens (including phenoxy) is 1. The second-order valence-corrected chi connectivity index (χ2v) is 7.11. The molecule has 0 saturated heterocycles. The van der Waals surface area contributed by atoms with Gasteiger partial charge in [0.2, 0.25) is 5.88 Å². The molecular weight excluding hydrogens is 445 g/mol. The number of carbonyl (C=O) groups is 1. The lowest BCUT2D eigenvalue weighted by molar-refractivity contribution is -0.120. The van der Waals surface area contributed by atoms with E-state index in [-0.39, 0.29) is 23.9 Å². The van der Waals surface area contributed by atoms with E-state index in [0.29, 0.717) is 15.4 Å². The lowest BCUT2D eigenvalue weighted by Crippen LogP contribution is -2.08. The summed E-state index contributed by atoms with van der Waals surface area (Å²) in [6, 6.07) is 10.1. The minimum atomic E-state index is -0.632. The highest BCUT2D eigenvalue weighted by Crippen LogP contribution is 2.39. The van der Waals surface area contributed by atoms with Crippen molar-refractivity contribution in [3.8, 4) is 11.6 Å². The Balaban J connectivity index is 1.78. The maximum atomic E-state index is 11.9. The molecule has 6 nitrogen and oxygen atoms in total. The number of nitrogens with zero attached hydrogens (tertiary/aromatic N) is 3. The summed E-state index contributed by atoms with van der Waals surface area (Å²) in [7, 11) is 1.69. The maximum Gasteiger partial charge on any atom is 0.302 e. The van der Waals surface area contributed by atoms with Crippen LogP contribution >= 0.6 is 39.1 Å². The Labute approximate surface area is 167 Å². The Hall–Kier alpha value is -2.09. The summed E-state index contributed by atoms with van der Waals surface area (Å²) in [4.78, 5) is 11.9. The largest absolute Gasteiger partial charge is 0.493 e. The lowest BCUT2D eigenvalue weighted by atomic mass is 10.2. The Morgan fingerprint density at radius 1 is 1.27 bits per heavy atom. The maximum absolute atomic E-state index is 11.9. The number of aromatic hydroxyl groups is 1. The van der Waals surface area contributed by atoms with Crippen molar-refractivity contribution < 1.29 is 14.6 Å². The second kappa shape index (κ2) is 7.65. The van der Waals surface area contributed by atoms with Gasteiger partial charge in [-0.1, -0.05) is 39.1 Å². The van der Waals surface area contributed by atoms with Crippen LogP contribution in [-0.4, -0.2) is 22.2 Å². The average Bonchev–Trinajstić information content (AvgIpc) is 2.84. The molecule has 0 spiro atoms. The molecule has 1 N–H and O–H groups in total. The topological polar surface area (TPSA) is 76.2 Å². The average molecular weight is 457 g/mol. The molecule has 134 valence electrons. The predicted octanol–water partition coefficient (Wildman–Crippen LogP) is 5.64. The first-order chi connectivity index (χ1) is 12.4. The summed E-state index contributed by atoms with van der Waals surface area (Å²) >= 11 is 15.2. The number of hydrogen-bond acceptors (Lipinski definition) is 4. The summed E-state index contributed by atoms with van der Waals surface area (Å²) in [6.45, 7) is -0.362. The molecule has 0 bridgehead atoms. The summed E-state index contributed by atoms with van der Waals surface area (Å²) in [5.41, 5.74) is 0.965. The van der Waals surface area contributed by atoms with E-state index in [4.69, 9.17) is 27.9 Å². The third kappa shape index (κ3) is 3.85. The summed E-state index contributed by atoms with van der Waals surface area (Å²) in [6.07, 6.45) is 0. The number of aromatic nitrogens is 1.